The molecule has 0 unspecified atom stereocenters. The number of hydrogen-bond acceptors (Lipinski definition) is 3. The van der Waals surface area contributed by atoms with Gasteiger partial charge in [-0.2, -0.15) is 4.31 Å². The lowest BCUT2D eigenvalue weighted by Crippen LogP contribution is -2.38. The molecule has 1 aromatic heterocycles. The zero-order chi connectivity index (χ0) is 19.9. The summed E-state index contributed by atoms with van der Waals surface area (Å²) in [7, 11) is -2.06. The molecular weight excluding hydrogens is 372 g/mol. The summed E-state index contributed by atoms with van der Waals surface area (Å²) in [5.41, 5.74) is 4.30. The van der Waals surface area contributed by atoms with Crippen molar-refractivity contribution in [2.24, 2.45) is 0 Å². The molecule has 5 nitrogen and oxygen atoms in total. The monoisotopic (exact) mass is 398 g/mol. The van der Waals surface area contributed by atoms with Gasteiger partial charge in [-0.3, -0.25) is 0 Å². The number of aryl methyl sites for hydroxylation is 2. The highest BCUT2D eigenvalue weighted by atomic mass is 32.2. The van der Waals surface area contributed by atoms with Gasteiger partial charge in [0.2, 0.25) is 10.0 Å². The van der Waals surface area contributed by atoms with Crippen LogP contribution in [0, 0.1) is 13.8 Å². The summed E-state index contributed by atoms with van der Waals surface area (Å²) in [6.45, 7) is 4.91. The van der Waals surface area contributed by atoms with Crippen LogP contribution in [0.3, 0.4) is 0 Å². The highest BCUT2D eigenvalue weighted by Crippen LogP contribution is 2.35. The van der Waals surface area contributed by atoms with E-state index in [4.69, 9.17) is 4.74 Å². The number of nitrogens with one attached hydrogen (secondary N) is 1. The summed E-state index contributed by atoms with van der Waals surface area (Å²) in [6, 6.07) is 14.0. The van der Waals surface area contributed by atoms with Gasteiger partial charge < -0.3 is 9.72 Å². The van der Waals surface area contributed by atoms with Crippen LogP contribution in [0.1, 0.15) is 35.6 Å². The van der Waals surface area contributed by atoms with Crippen LogP contribution in [0.15, 0.2) is 47.4 Å². The number of para-hydroxylation sites is 1. The summed E-state index contributed by atoms with van der Waals surface area (Å²) in [5, 5.41) is 1.20. The van der Waals surface area contributed by atoms with E-state index in [1.54, 1.807) is 16.4 Å². The standard InChI is InChI=1S/C22H26N2O3S/c1-15-12-21(27-3)22(13-16(15)2)28(25,26)24-10-8-17(9-11-24)20-14-18-6-4-5-7-19(18)23-20/h4-7,12-14,17,23H,8-11H2,1-3H3. The van der Waals surface area contributed by atoms with Gasteiger partial charge in [-0.15, -0.1) is 0 Å². The number of fused-ring (bicyclic) bond motifs is 1. The molecule has 6 heteroatoms. The molecule has 0 amide bonds. The van der Waals surface area contributed by atoms with Gasteiger partial charge in [-0.1, -0.05) is 18.2 Å². The van der Waals surface area contributed by atoms with E-state index in [-0.39, 0.29) is 4.90 Å². The Balaban J connectivity index is 1.55. The van der Waals surface area contributed by atoms with Crippen LogP contribution in [0.2, 0.25) is 0 Å². The van der Waals surface area contributed by atoms with E-state index >= 15 is 0 Å². The predicted molar refractivity (Wildman–Crippen MR) is 112 cm³/mol. The average molecular weight is 399 g/mol. The molecule has 2 heterocycles. The van der Waals surface area contributed by atoms with Crippen molar-refractivity contribution in [1.29, 1.82) is 0 Å². The number of sulfonamides is 1. The summed E-state index contributed by atoms with van der Waals surface area (Å²) in [6.07, 6.45) is 1.61. The third-order valence-corrected chi connectivity index (χ3v) is 7.76. The summed E-state index contributed by atoms with van der Waals surface area (Å²) in [5.74, 6) is 0.765. The van der Waals surface area contributed by atoms with Gasteiger partial charge >= 0.3 is 0 Å². The van der Waals surface area contributed by atoms with Crippen LogP contribution < -0.4 is 4.74 Å². The lowest BCUT2D eigenvalue weighted by atomic mass is 9.95. The molecule has 4 rings (SSSR count). The minimum atomic E-state index is -3.58. The molecule has 148 valence electrons. The third kappa shape index (κ3) is 3.31. The Hall–Kier alpha value is -2.31. The second-order valence-corrected chi connectivity index (χ2v) is 9.48. The van der Waals surface area contributed by atoms with Gasteiger partial charge in [0.1, 0.15) is 10.6 Å². The van der Waals surface area contributed by atoms with Crippen LogP contribution in [0.5, 0.6) is 5.75 Å². The Morgan fingerprint density at radius 3 is 2.39 bits per heavy atom. The molecule has 0 radical (unpaired) electrons. The number of benzene rings is 2. The molecule has 0 bridgehead atoms. The number of nitrogens with zero attached hydrogens (tertiary/aromatic N) is 1. The Bertz CT molecular complexity index is 1080. The molecule has 0 atom stereocenters. The van der Waals surface area contributed by atoms with Crippen molar-refractivity contribution in [3.63, 3.8) is 0 Å². The quantitative estimate of drug-likeness (QED) is 0.710. The maximum atomic E-state index is 13.3. The van der Waals surface area contributed by atoms with Crippen molar-refractivity contribution >= 4 is 20.9 Å². The van der Waals surface area contributed by atoms with Crippen molar-refractivity contribution in [3.05, 3.63) is 59.3 Å². The van der Waals surface area contributed by atoms with Crippen molar-refractivity contribution < 1.29 is 13.2 Å². The minimum Gasteiger partial charge on any atom is -0.495 e. The second-order valence-electron chi connectivity index (χ2n) is 7.58. The number of methoxy groups -OCH3 is 1. The Morgan fingerprint density at radius 2 is 1.71 bits per heavy atom. The number of aromatic amines is 1. The van der Waals surface area contributed by atoms with Gasteiger partial charge in [0.15, 0.2) is 0 Å². The number of piperidine rings is 1. The minimum absolute atomic E-state index is 0.266. The normalized spacial score (nSPS) is 16.5. The van der Waals surface area contributed by atoms with E-state index in [2.05, 4.69) is 23.2 Å². The third-order valence-electron chi connectivity index (χ3n) is 5.84. The molecule has 1 aliphatic rings. The van der Waals surface area contributed by atoms with Crippen LogP contribution in [0.25, 0.3) is 10.9 Å². The van der Waals surface area contributed by atoms with E-state index < -0.39 is 10.0 Å². The van der Waals surface area contributed by atoms with Crippen molar-refractivity contribution in [2.45, 2.75) is 37.5 Å². The fraction of sp³-hybridized carbons (Fsp3) is 0.364. The molecule has 3 aromatic rings. The zero-order valence-electron chi connectivity index (χ0n) is 16.5. The van der Waals surface area contributed by atoms with Gasteiger partial charge in [-0.25, -0.2) is 8.42 Å². The zero-order valence-corrected chi connectivity index (χ0v) is 17.3. The SMILES string of the molecule is COc1cc(C)c(C)cc1S(=O)(=O)N1CCC(c2cc3ccccc3[nH]2)CC1. The molecule has 2 aromatic carbocycles. The molecular formula is C22H26N2O3S. The topological polar surface area (TPSA) is 62.4 Å². The Kier molecular flexibility index (Phi) is 4.93. The number of H-pyrrole nitrogens is 1. The molecule has 1 aliphatic heterocycles. The van der Waals surface area contributed by atoms with Crippen LogP contribution in [-0.4, -0.2) is 37.9 Å². The maximum absolute atomic E-state index is 13.3. The predicted octanol–water partition coefficient (Wildman–Crippen LogP) is 4.36. The fourth-order valence-electron chi connectivity index (χ4n) is 3.99. The highest BCUT2D eigenvalue weighted by Gasteiger charge is 2.32. The molecule has 28 heavy (non-hydrogen) atoms. The lowest BCUT2D eigenvalue weighted by Gasteiger charge is -2.31. The Morgan fingerprint density at radius 1 is 1.04 bits per heavy atom. The summed E-state index contributed by atoms with van der Waals surface area (Å²) >= 11 is 0. The fourth-order valence-corrected chi connectivity index (χ4v) is 5.68. The smallest absolute Gasteiger partial charge is 0.246 e. The van der Waals surface area contributed by atoms with Crippen LogP contribution >= 0.6 is 0 Å². The van der Waals surface area contributed by atoms with E-state index in [0.717, 1.165) is 29.5 Å². The van der Waals surface area contributed by atoms with Crippen LogP contribution in [-0.2, 0) is 10.0 Å². The Labute approximate surface area is 166 Å². The van der Waals surface area contributed by atoms with Crippen molar-refractivity contribution in [2.75, 3.05) is 20.2 Å². The van der Waals surface area contributed by atoms with Gasteiger partial charge in [0.05, 0.1) is 7.11 Å². The van der Waals surface area contributed by atoms with Crippen molar-refractivity contribution in [3.8, 4) is 5.75 Å². The highest BCUT2D eigenvalue weighted by molar-refractivity contribution is 7.89. The molecule has 0 aliphatic carbocycles. The van der Waals surface area contributed by atoms with E-state index in [1.165, 1.54) is 18.2 Å². The number of aromatic nitrogens is 1. The number of ether oxygens (including phenoxy) is 1. The molecule has 0 spiro atoms. The maximum Gasteiger partial charge on any atom is 0.246 e. The summed E-state index contributed by atoms with van der Waals surface area (Å²) < 4.78 is 33.5. The van der Waals surface area contributed by atoms with Gasteiger partial charge in [-0.05, 0) is 67.5 Å². The van der Waals surface area contributed by atoms with E-state index in [9.17, 15) is 8.42 Å². The molecule has 1 saturated heterocycles. The molecule has 1 fully saturated rings. The average Bonchev–Trinajstić information content (AvgIpc) is 3.14. The van der Waals surface area contributed by atoms with Crippen molar-refractivity contribution in [1.82, 2.24) is 9.29 Å². The van der Waals surface area contributed by atoms with Gasteiger partial charge in [0, 0.05) is 30.2 Å². The number of rotatable bonds is 4. The first-order chi connectivity index (χ1) is 13.4. The second kappa shape index (κ2) is 7.26. The number of hydrogen-bond donors (Lipinski definition) is 1. The first-order valence-electron chi connectivity index (χ1n) is 9.63. The summed E-state index contributed by atoms with van der Waals surface area (Å²) in [4.78, 5) is 3.76. The van der Waals surface area contributed by atoms with Crippen LogP contribution in [0.4, 0.5) is 0 Å². The molecule has 1 N–H and O–H groups in total. The van der Waals surface area contributed by atoms with E-state index in [0.29, 0.717) is 24.8 Å². The molecule has 0 saturated carbocycles. The first kappa shape index (κ1) is 19.0. The largest absolute Gasteiger partial charge is 0.495 e. The first-order valence-corrected chi connectivity index (χ1v) is 11.1. The van der Waals surface area contributed by atoms with Gasteiger partial charge in [0.25, 0.3) is 0 Å². The lowest BCUT2D eigenvalue weighted by molar-refractivity contribution is 0.315. The van der Waals surface area contributed by atoms with E-state index in [1.807, 2.05) is 26.0 Å².